The van der Waals surface area contributed by atoms with Gasteiger partial charge in [0.1, 0.15) is 17.2 Å². The van der Waals surface area contributed by atoms with E-state index >= 15 is 0 Å². The Labute approximate surface area is 161 Å². The molecule has 0 unspecified atom stereocenters. The van der Waals surface area contributed by atoms with E-state index in [4.69, 9.17) is 0 Å². The second kappa shape index (κ2) is 7.64. The Morgan fingerprint density at radius 1 is 1.18 bits per heavy atom. The molecule has 1 aromatic heterocycles. The van der Waals surface area contributed by atoms with Crippen molar-refractivity contribution in [3.05, 3.63) is 78.0 Å². The molecule has 1 atom stereocenters. The standard InChI is InChI=1S/C21H19FN4O2/c22-16-8-6-14(7-9-16)11-26-12-17(10-18(26)27)25-21(28)20-19(23-13-24-20)15-4-2-1-3-5-15/h1-9,13,17H,10-12H2,(H,23,24)(H,25,28)/t17-/m1/s1. The van der Waals surface area contributed by atoms with Gasteiger partial charge in [0.25, 0.3) is 5.91 Å². The monoisotopic (exact) mass is 378 g/mol. The third-order valence-corrected chi connectivity index (χ3v) is 4.75. The highest BCUT2D eigenvalue weighted by Gasteiger charge is 2.31. The molecule has 6 nitrogen and oxygen atoms in total. The number of carbonyl (C=O) groups excluding carboxylic acids is 2. The Morgan fingerprint density at radius 3 is 2.68 bits per heavy atom. The normalized spacial score (nSPS) is 16.4. The van der Waals surface area contributed by atoms with E-state index in [2.05, 4.69) is 15.3 Å². The summed E-state index contributed by atoms with van der Waals surface area (Å²) < 4.78 is 13.0. The first-order valence-electron chi connectivity index (χ1n) is 9.02. The molecule has 0 spiro atoms. The predicted octanol–water partition coefficient (Wildman–Crippen LogP) is 2.75. The molecule has 1 saturated heterocycles. The van der Waals surface area contributed by atoms with Crippen molar-refractivity contribution in [3.63, 3.8) is 0 Å². The zero-order valence-corrected chi connectivity index (χ0v) is 15.1. The number of nitrogens with one attached hydrogen (secondary N) is 2. The van der Waals surface area contributed by atoms with Crippen molar-refractivity contribution < 1.29 is 14.0 Å². The van der Waals surface area contributed by atoms with E-state index in [0.29, 0.717) is 24.5 Å². The van der Waals surface area contributed by atoms with Crippen molar-refractivity contribution in [3.8, 4) is 11.3 Å². The Bertz CT molecular complexity index is 985. The highest BCUT2D eigenvalue weighted by atomic mass is 19.1. The topological polar surface area (TPSA) is 78.1 Å². The van der Waals surface area contributed by atoms with Crippen LogP contribution in [0.25, 0.3) is 11.3 Å². The number of amides is 2. The summed E-state index contributed by atoms with van der Waals surface area (Å²) in [7, 11) is 0. The molecule has 142 valence electrons. The number of H-pyrrole nitrogens is 1. The molecule has 0 saturated carbocycles. The number of carbonyl (C=O) groups is 2. The molecule has 4 rings (SSSR count). The number of imidazole rings is 1. The van der Waals surface area contributed by atoms with Gasteiger partial charge in [-0.25, -0.2) is 9.37 Å². The minimum Gasteiger partial charge on any atom is -0.346 e. The molecule has 2 aromatic carbocycles. The zero-order valence-electron chi connectivity index (χ0n) is 15.1. The number of rotatable bonds is 5. The Balaban J connectivity index is 1.42. The van der Waals surface area contributed by atoms with Crippen LogP contribution >= 0.6 is 0 Å². The Kier molecular flexibility index (Phi) is 4.89. The number of benzene rings is 2. The summed E-state index contributed by atoms with van der Waals surface area (Å²) in [5.41, 5.74) is 2.64. The Hall–Kier alpha value is -3.48. The van der Waals surface area contributed by atoms with Crippen LogP contribution in [-0.2, 0) is 11.3 Å². The van der Waals surface area contributed by atoms with E-state index in [0.717, 1.165) is 11.1 Å². The van der Waals surface area contributed by atoms with E-state index in [1.54, 1.807) is 17.0 Å². The summed E-state index contributed by atoms with van der Waals surface area (Å²) in [6.45, 7) is 0.807. The Morgan fingerprint density at radius 2 is 1.93 bits per heavy atom. The van der Waals surface area contributed by atoms with Gasteiger partial charge in [-0.1, -0.05) is 42.5 Å². The molecule has 2 N–H and O–H groups in total. The van der Waals surface area contributed by atoms with Gasteiger partial charge < -0.3 is 15.2 Å². The lowest BCUT2D eigenvalue weighted by Gasteiger charge is -2.17. The first-order chi connectivity index (χ1) is 13.6. The van der Waals surface area contributed by atoms with Crippen LogP contribution in [0.2, 0.25) is 0 Å². The molecule has 1 aliphatic heterocycles. The maximum absolute atomic E-state index is 13.0. The summed E-state index contributed by atoms with van der Waals surface area (Å²) in [6.07, 6.45) is 1.72. The van der Waals surface area contributed by atoms with Crippen molar-refractivity contribution in [2.45, 2.75) is 19.0 Å². The summed E-state index contributed by atoms with van der Waals surface area (Å²) in [5, 5.41) is 2.91. The number of nitrogens with zero attached hydrogens (tertiary/aromatic N) is 2. The van der Waals surface area contributed by atoms with E-state index in [1.165, 1.54) is 18.5 Å². The number of aromatic amines is 1. The fourth-order valence-electron chi connectivity index (χ4n) is 3.37. The highest BCUT2D eigenvalue weighted by molar-refractivity contribution is 5.98. The van der Waals surface area contributed by atoms with Crippen molar-refractivity contribution in [1.82, 2.24) is 20.2 Å². The molecular formula is C21H19FN4O2. The van der Waals surface area contributed by atoms with Crippen LogP contribution in [0.4, 0.5) is 4.39 Å². The van der Waals surface area contributed by atoms with Crippen LogP contribution in [0.3, 0.4) is 0 Å². The molecule has 2 heterocycles. The van der Waals surface area contributed by atoms with Crippen molar-refractivity contribution in [1.29, 1.82) is 0 Å². The average Bonchev–Trinajstić information content (AvgIpc) is 3.31. The minimum absolute atomic E-state index is 0.0393. The van der Waals surface area contributed by atoms with E-state index in [9.17, 15) is 14.0 Å². The molecule has 2 amide bonds. The fraction of sp³-hybridized carbons (Fsp3) is 0.190. The van der Waals surface area contributed by atoms with Gasteiger partial charge in [-0.05, 0) is 17.7 Å². The van der Waals surface area contributed by atoms with Crippen molar-refractivity contribution in [2.24, 2.45) is 0 Å². The number of hydrogen-bond donors (Lipinski definition) is 2. The summed E-state index contributed by atoms with van der Waals surface area (Å²) in [4.78, 5) is 33.8. The minimum atomic E-state index is -0.310. The van der Waals surface area contributed by atoms with Gasteiger partial charge in [0.2, 0.25) is 5.91 Å². The third kappa shape index (κ3) is 3.78. The zero-order chi connectivity index (χ0) is 19.5. The number of likely N-dealkylation sites (tertiary alicyclic amines) is 1. The van der Waals surface area contributed by atoms with Gasteiger partial charge >= 0.3 is 0 Å². The van der Waals surface area contributed by atoms with E-state index in [1.807, 2.05) is 30.3 Å². The van der Waals surface area contributed by atoms with Crippen LogP contribution in [-0.4, -0.2) is 39.3 Å². The molecular weight excluding hydrogens is 359 g/mol. The highest BCUT2D eigenvalue weighted by Crippen LogP contribution is 2.21. The lowest BCUT2D eigenvalue weighted by atomic mass is 10.1. The molecule has 3 aromatic rings. The molecule has 0 radical (unpaired) electrons. The number of hydrogen-bond acceptors (Lipinski definition) is 3. The molecule has 28 heavy (non-hydrogen) atoms. The van der Waals surface area contributed by atoms with Crippen molar-refractivity contribution in [2.75, 3.05) is 6.54 Å². The fourth-order valence-corrected chi connectivity index (χ4v) is 3.37. The maximum atomic E-state index is 13.0. The lowest BCUT2D eigenvalue weighted by Crippen LogP contribution is -2.37. The van der Waals surface area contributed by atoms with Gasteiger partial charge in [0.05, 0.1) is 12.4 Å². The van der Waals surface area contributed by atoms with Gasteiger partial charge in [-0.15, -0.1) is 0 Å². The summed E-state index contributed by atoms with van der Waals surface area (Å²) >= 11 is 0. The summed E-state index contributed by atoms with van der Waals surface area (Å²) in [5.74, 6) is -0.643. The van der Waals surface area contributed by atoms with Gasteiger partial charge in [0, 0.05) is 25.1 Å². The van der Waals surface area contributed by atoms with Crippen LogP contribution < -0.4 is 5.32 Å². The van der Waals surface area contributed by atoms with Crippen molar-refractivity contribution >= 4 is 11.8 Å². The largest absolute Gasteiger partial charge is 0.346 e. The number of aromatic nitrogens is 2. The van der Waals surface area contributed by atoms with Gasteiger partial charge in [0.15, 0.2) is 0 Å². The molecule has 0 aliphatic carbocycles. The van der Waals surface area contributed by atoms with Crippen LogP contribution in [0, 0.1) is 5.82 Å². The van der Waals surface area contributed by atoms with Gasteiger partial charge in [-0.3, -0.25) is 9.59 Å². The second-order valence-electron chi connectivity index (χ2n) is 6.77. The first-order valence-corrected chi connectivity index (χ1v) is 9.02. The second-order valence-corrected chi connectivity index (χ2v) is 6.77. The molecule has 1 aliphatic rings. The maximum Gasteiger partial charge on any atom is 0.270 e. The first kappa shape index (κ1) is 17.9. The number of halogens is 1. The smallest absolute Gasteiger partial charge is 0.270 e. The van der Waals surface area contributed by atoms with E-state index in [-0.39, 0.29) is 30.1 Å². The quantitative estimate of drug-likeness (QED) is 0.717. The summed E-state index contributed by atoms with van der Waals surface area (Å²) in [6, 6.07) is 15.2. The molecule has 1 fully saturated rings. The molecule has 0 bridgehead atoms. The molecule has 7 heteroatoms. The predicted molar refractivity (Wildman–Crippen MR) is 102 cm³/mol. The average molecular weight is 378 g/mol. The lowest BCUT2D eigenvalue weighted by molar-refractivity contribution is -0.128. The third-order valence-electron chi connectivity index (χ3n) is 4.75. The van der Waals surface area contributed by atoms with Crippen LogP contribution in [0.1, 0.15) is 22.5 Å². The van der Waals surface area contributed by atoms with Crippen LogP contribution in [0.15, 0.2) is 60.9 Å². The van der Waals surface area contributed by atoms with E-state index < -0.39 is 0 Å². The van der Waals surface area contributed by atoms with Gasteiger partial charge in [-0.2, -0.15) is 0 Å². The van der Waals surface area contributed by atoms with Crippen LogP contribution in [0.5, 0.6) is 0 Å². The SMILES string of the molecule is O=C(N[C@@H]1CC(=O)N(Cc2ccc(F)cc2)C1)c1[nH]cnc1-c1ccccc1.